The number of fused-ring (bicyclic) bond motifs is 1. The molecule has 4 aromatic rings. The molecule has 0 bridgehead atoms. The fourth-order valence-electron chi connectivity index (χ4n) is 5.42. The summed E-state index contributed by atoms with van der Waals surface area (Å²) >= 11 is 13.0. The van der Waals surface area contributed by atoms with Crippen molar-refractivity contribution in [2.24, 2.45) is 5.92 Å². The minimum atomic E-state index is -0.689. The van der Waals surface area contributed by atoms with Crippen molar-refractivity contribution in [3.63, 3.8) is 0 Å². The largest absolute Gasteiger partial charge is 0.507 e. The zero-order valence-electron chi connectivity index (χ0n) is 22.4. The lowest BCUT2D eigenvalue weighted by molar-refractivity contribution is -0.132. The number of hydrogen-bond donors (Lipinski definition) is 1. The van der Waals surface area contributed by atoms with Crippen LogP contribution in [0, 0.1) is 12.8 Å². The summed E-state index contributed by atoms with van der Waals surface area (Å²) in [6.45, 7) is 10.7. The van der Waals surface area contributed by atoms with E-state index in [2.05, 4.69) is 6.58 Å². The van der Waals surface area contributed by atoms with Crippen molar-refractivity contribution in [3.05, 3.63) is 103 Å². The first-order valence-electron chi connectivity index (χ1n) is 13.0. The number of phenolic OH excluding ortho intramolecular Hbond substituents is 1. The van der Waals surface area contributed by atoms with E-state index < -0.39 is 11.1 Å². The van der Waals surface area contributed by atoms with Gasteiger partial charge >= 0.3 is 11.1 Å². The minimum Gasteiger partial charge on any atom is -0.507 e. The number of hydrogen-bond acceptors (Lipinski definition) is 4. The number of para-hydroxylation sites is 1. The van der Waals surface area contributed by atoms with Crippen LogP contribution in [-0.4, -0.2) is 38.1 Å². The van der Waals surface area contributed by atoms with Gasteiger partial charge in [0.05, 0.1) is 21.7 Å². The summed E-state index contributed by atoms with van der Waals surface area (Å²) in [5.74, 6) is -0.127. The molecule has 1 N–H and O–H groups in total. The summed E-state index contributed by atoms with van der Waals surface area (Å²) < 4.78 is 2.92. The van der Waals surface area contributed by atoms with Crippen LogP contribution in [0.4, 0.5) is 0 Å². The summed E-state index contributed by atoms with van der Waals surface area (Å²) in [5.41, 5.74) is 2.86. The molecule has 1 aromatic heterocycles. The molecule has 1 fully saturated rings. The van der Waals surface area contributed by atoms with Gasteiger partial charge in [-0.05, 0) is 60.4 Å². The van der Waals surface area contributed by atoms with Crippen LogP contribution < -0.4 is 11.1 Å². The van der Waals surface area contributed by atoms with E-state index in [1.807, 2.05) is 39.0 Å². The summed E-state index contributed by atoms with van der Waals surface area (Å²) in [7, 11) is 0. The molecule has 40 heavy (non-hydrogen) atoms. The maximum absolute atomic E-state index is 13.9. The predicted molar refractivity (Wildman–Crippen MR) is 160 cm³/mol. The summed E-state index contributed by atoms with van der Waals surface area (Å²) in [6, 6.07) is 13.8. The van der Waals surface area contributed by atoms with E-state index in [-0.39, 0.29) is 35.1 Å². The Balaban J connectivity index is 1.82. The van der Waals surface area contributed by atoms with E-state index in [1.54, 1.807) is 29.2 Å². The molecule has 9 heteroatoms. The van der Waals surface area contributed by atoms with Crippen LogP contribution in [0.25, 0.3) is 27.8 Å². The minimum absolute atomic E-state index is 0.0137. The first kappa shape index (κ1) is 27.7. The number of amides is 1. The molecule has 0 saturated carbocycles. The number of aryl methyl sites for hydroxylation is 1. The molecule has 0 spiro atoms. The van der Waals surface area contributed by atoms with E-state index in [4.69, 9.17) is 23.2 Å². The second kappa shape index (κ2) is 10.6. The van der Waals surface area contributed by atoms with Gasteiger partial charge in [0, 0.05) is 41.7 Å². The molecule has 1 aliphatic heterocycles. The Hall–Kier alpha value is -3.81. The topological polar surface area (TPSA) is 84.5 Å². The molecular formula is C31H29Cl2N3O4. The first-order valence-corrected chi connectivity index (χ1v) is 13.8. The van der Waals surface area contributed by atoms with Gasteiger partial charge in [0.25, 0.3) is 0 Å². The second-order valence-electron chi connectivity index (χ2n) is 10.5. The smallest absolute Gasteiger partial charge is 0.321 e. The summed E-state index contributed by atoms with van der Waals surface area (Å²) in [5, 5.41) is 11.4. The van der Waals surface area contributed by atoms with Crippen molar-refractivity contribution in [1.29, 1.82) is 0 Å². The average Bonchev–Trinajstić information content (AvgIpc) is 2.89. The van der Waals surface area contributed by atoms with Crippen LogP contribution in [0.15, 0.2) is 70.8 Å². The molecule has 2 heterocycles. The highest BCUT2D eigenvalue weighted by atomic mass is 35.5. The number of aromatic nitrogens is 2. The number of likely N-dealkylation sites (tertiary alicyclic amines) is 1. The van der Waals surface area contributed by atoms with Crippen LogP contribution in [-0.2, 0) is 11.3 Å². The van der Waals surface area contributed by atoms with Crippen molar-refractivity contribution in [2.45, 2.75) is 33.2 Å². The zero-order valence-corrected chi connectivity index (χ0v) is 24.0. The Labute approximate surface area is 241 Å². The maximum atomic E-state index is 13.9. The van der Waals surface area contributed by atoms with Gasteiger partial charge in [-0.1, -0.05) is 61.8 Å². The molecule has 206 valence electrons. The molecule has 1 aliphatic rings. The van der Waals surface area contributed by atoms with Gasteiger partial charge in [-0.15, -0.1) is 0 Å². The Kier molecular flexibility index (Phi) is 7.38. The molecule has 3 aromatic carbocycles. The van der Waals surface area contributed by atoms with E-state index >= 15 is 0 Å². The van der Waals surface area contributed by atoms with Gasteiger partial charge in [0.1, 0.15) is 5.75 Å². The predicted octanol–water partition coefficient (Wildman–Crippen LogP) is 5.91. The number of carbonyl (C=O) groups is 1. The lowest BCUT2D eigenvalue weighted by Crippen LogP contribution is -2.52. The third kappa shape index (κ3) is 4.73. The molecule has 7 nitrogen and oxygen atoms in total. The van der Waals surface area contributed by atoms with Gasteiger partial charge in [-0.2, -0.15) is 0 Å². The number of rotatable bonds is 6. The Morgan fingerprint density at radius 3 is 2.45 bits per heavy atom. The monoisotopic (exact) mass is 577 g/mol. The lowest BCUT2D eigenvalue weighted by atomic mass is 9.97. The van der Waals surface area contributed by atoms with E-state index in [0.29, 0.717) is 46.0 Å². The van der Waals surface area contributed by atoms with Crippen molar-refractivity contribution in [3.8, 4) is 22.6 Å². The summed E-state index contributed by atoms with van der Waals surface area (Å²) in [4.78, 5) is 41.2. The maximum Gasteiger partial charge on any atom is 0.321 e. The van der Waals surface area contributed by atoms with Gasteiger partial charge < -0.3 is 14.6 Å². The fraction of sp³-hybridized carbons (Fsp3) is 0.258. The molecule has 0 atom stereocenters. The van der Waals surface area contributed by atoms with E-state index in [9.17, 15) is 19.5 Å². The van der Waals surface area contributed by atoms with Crippen molar-refractivity contribution >= 4 is 40.1 Å². The van der Waals surface area contributed by atoms with Crippen molar-refractivity contribution in [2.75, 3.05) is 13.1 Å². The summed E-state index contributed by atoms with van der Waals surface area (Å²) in [6.07, 6.45) is 1.26. The third-order valence-electron chi connectivity index (χ3n) is 7.47. The van der Waals surface area contributed by atoms with E-state index in [1.165, 1.54) is 21.3 Å². The molecule has 1 saturated heterocycles. The highest BCUT2D eigenvalue weighted by Crippen LogP contribution is 2.39. The lowest BCUT2D eigenvalue weighted by Gasteiger charge is -2.39. The number of benzene rings is 3. The third-order valence-corrected chi connectivity index (χ3v) is 8.02. The van der Waals surface area contributed by atoms with Crippen molar-refractivity contribution < 1.29 is 9.90 Å². The second-order valence-corrected chi connectivity index (χ2v) is 11.4. The first-order chi connectivity index (χ1) is 19.0. The Morgan fingerprint density at radius 2 is 1.77 bits per heavy atom. The van der Waals surface area contributed by atoms with Gasteiger partial charge in [0.15, 0.2) is 0 Å². The number of nitrogens with zero attached hydrogens (tertiary/aromatic N) is 3. The van der Waals surface area contributed by atoms with Gasteiger partial charge in [0.2, 0.25) is 5.91 Å². The number of aromatic hydroxyl groups is 1. The Bertz CT molecular complexity index is 1800. The molecule has 0 unspecified atom stereocenters. The van der Waals surface area contributed by atoms with Gasteiger partial charge in [-0.3, -0.25) is 19.0 Å². The fourth-order valence-corrected chi connectivity index (χ4v) is 5.85. The quantitative estimate of drug-likeness (QED) is 0.228. The highest BCUT2D eigenvalue weighted by Gasteiger charge is 2.31. The molecule has 5 rings (SSSR count). The van der Waals surface area contributed by atoms with Crippen LogP contribution in [0.2, 0.25) is 10.0 Å². The molecule has 0 aliphatic carbocycles. The molecule has 1 amide bonds. The van der Waals surface area contributed by atoms with Crippen LogP contribution in [0.1, 0.15) is 30.9 Å². The van der Waals surface area contributed by atoms with E-state index in [0.717, 1.165) is 11.1 Å². The highest BCUT2D eigenvalue weighted by molar-refractivity contribution is 6.34. The molecule has 0 radical (unpaired) electrons. The average molecular weight is 578 g/mol. The number of carbonyl (C=O) groups excluding carboxylic acids is 1. The number of phenols is 1. The Morgan fingerprint density at radius 1 is 1.05 bits per heavy atom. The normalized spacial score (nSPS) is 13.6. The van der Waals surface area contributed by atoms with Crippen LogP contribution in [0.3, 0.4) is 0 Å². The SMILES string of the molecule is C=CC(=O)N1CC(Cn2c(=O)c(=O)n(-c3c(C)cccc3C(C)C)c3cc(-c4cc(Cl)ccc4O)c(Cl)cc32)C1. The van der Waals surface area contributed by atoms with Crippen LogP contribution >= 0.6 is 23.2 Å². The molecular weight excluding hydrogens is 549 g/mol. The number of halogens is 2. The van der Waals surface area contributed by atoms with Crippen LogP contribution in [0.5, 0.6) is 5.75 Å². The zero-order chi connectivity index (χ0) is 28.9. The standard InChI is InChI=1S/C31H29Cl2N3O4/c1-5-28(38)34-14-19(15-34)16-35-25-13-24(33)22(23-11-20(32)9-10-27(23)37)12-26(25)36(31(40)30(35)39)29-18(4)7-6-8-21(29)17(2)3/h5-13,17,19,37H,1,14-16H2,2-4H3. The van der Waals surface area contributed by atoms with Crippen molar-refractivity contribution in [1.82, 2.24) is 14.0 Å². The van der Waals surface area contributed by atoms with Gasteiger partial charge in [-0.25, -0.2) is 0 Å².